The second kappa shape index (κ2) is 5.89. The number of nitrogens with zero attached hydrogens (tertiary/aromatic N) is 1. The molecule has 1 N–H and O–H groups in total. The first-order valence-corrected chi connectivity index (χ1v) is 9.26. The van der Waals surface area contributed by atoms with E-state index in [2.05, 4.69) is 0 Å². The number of hydrogen-bond donors (Lipinski definition) is 1. The molecular formula is C16H21NO5S. The van der Waals surface area contributed by atoms with Crippen LogP contribution in [-0.2, 0) is 27.6 Å². The first-order valence-electron chi connectivity index (χ1n) is 7.82. The Bertz CT molecular complexity index is 737. The first kappa shape index (κ1) is 16.4. The number of carboxylic acid groups (broad SMARTS) is 1. The molecule has 23 heavy (non-hydrogen) atoms. The average molecular weight is 339 g/mol. The Morgan fingerprint density at radius 1 is 1.30 bits per heavy atom. The summed E-state index contributed by atoms with van der Waals surface area (Å²) in [6.07, 6.45) is 2.26. The number of carbonyl (C=O) groups is 1. The standard InChI is InChI=1S/C16H21NO5S/c1-10(2)17(13-8-22-9-13)23(20,21)15-7-12(16(18)19)6-11-4-3-5-14(11)15/h6-7,10,13H,3-5,8-9H2,1-2H3,(H,18,19). The zero-order valence-corrected chi connectivity index (χ0v) is 14.1. The minimum absolute atomic E-state index is 0.0396. The van der Waals surface area contributed by atoms with E-state index in [1.54, 1.807) is 6.07 Å². The minimum Gasteiger partial charge on any atom is -0.478 e. The molecule has 1 aliphatic heterocycles. The van der Waals surface area contributed by atoms with Crippen molar-refractivity contribution < 1.29 is 23.1 Å². The van der Waals surface area contributed by atoms with Gasteiger partial charge in [0.1, 0.15) is 0 Å². The minimum atomic E-state index is -3.75. The van der Waals surface area contributed by atoms with Crippen molar-refractivity contribution in [2.75, 3.05) is 13.2 Å². The van der Waals surface area contributed by atoms with Crippen LogP contribution in [0.5, 0.6) is 0 Å². The number of aromatic carboxylic acids is 1. The number of aryl methyl sites for hydroxylation is 1. The van der Waals surface area contributed by atoms with Crippen LogP contribution in [-0.4, -0.2) is 49.1 Å². The van der Waals surface area contributed by atoms with E-state index in [0.29, 0.717) is 19.6 Å². The van der Waals surface area contributed by atoms with Crippen LogP contribution in [0, 0.1) is 0 Å². The summed E-state index contributed by atoms with van der Waals surface area (Å²) in [5.74, 6) is -1.10. The van der Waals surface area contributed by atoms with Gasteiger partial charge in [0.2, 0.25) is 10.0 Å². The summed E-state index contributed by atoms with van der Waals surface area (Å²) in [7, 11) is -3.75. The molecular weight excluding hydrogens is 318 g/mol. The van der Waals surface area contributed by atoms with Crippen LogP contribution in [0.25, 0.3) is 0 Å². The summed E-state index contributed by atoms with van der Waals surface area (Å²) in [5, 5.41) is 9.29. The van der Waals surface area contributed by atoms with Crippen molar-refractivity contribution in [2.45, 2.75) is 50.1 Å². The summed E-state index contributed by atoms with van der Waals surface area (Å²) in [4.78, 5) is 11.5. The molecule has 0 saturated carbocycles. The Balaban J connectivity index is 2.14. The van der Waals surface area contributed by atoms with E-state index in [0.717, 1.165) is 24.0 Å². The van der Waals surface area contributed by atoms with Crippen LogP contribution < -0.4 is 0 Å². The SMILES string of the molecule is CC(C)N(C1COC1)S(=O)(=O)c1cc(C(=O)O)cc2c1CCC2. The van der Waals surface area contributed by atoms with E-state index in [1.807, 2.05) is 13.8 Å². The maximum absolute atomic E-state index is 13.2. The molecule has 1 aromatic carbocycles. The molecule has 6 nitrogen and oxygen atoms in total. The molecule has 2 aliphatic rings. The topological polar surface area (TPSA) is 83.9 Å². The van der Waals surface area contributed by atoms with E-state index < -0.39 is 16.0 Å². The van der Waals surface area contributed by atoms with Gasteiger partial charge in [0.25, 0.3) is 0 Å². The maximum Gasteiger partial charge on any atom is 0.335 e. The number of rotatable bonds is 5. The smallest absolute Gasteiger partial charge is 0.335 e. The van der Waals surface area contributed by atoms with Gasteiger partial charge in [-0.05, 0) is 56.4 Å². The fourth-order valence-corrected chi connectivity index (χ4v) is 5.52. The van der Waals surface area contributed by atoms with E-state index >= 15 is 0 Å². The normalized spacial score (nSPS) is 18.3. The summed E-state index contributed by atoms with van der Waals surface area (Å²) in [6, 6.07) is 2.54. The van der Waals surface area contributed by atoms with Gasteiger partial charge in [0.15, 0.2) is 0 Å². The number of fused-ring (bicyclic) bond motifs is 1. The fraction of sp³-hybridized carbons (Fsp3) is 0.562. The Morgan fingerprint density at radius 3 is 2.52 bits per heavy atom. The lowest BCUT2D eigenvalue weighted by Crippen LogP contribution is -2.54. The van der Waals surface area contributed by atoms with Crippen molar-refractivity contribution in [3.05, 3.63) is 28.8 Å². The summed E-state index contributed by atoms with van der Waals surface area (Å²) >= 11 is 0. The predicted molar refractivity (Wildman–Crippen MR) is 84.2 cm³/mol. The molecule has 7 heteroatoms. The van der Waals surface area contributed by atoms with Crippen molar-refractivity contribution >= 4 is 16.0 Å². The molecule has 1 saturated heterocycles. The fourth-order valence-electron chi connectivity index (χ4n) is 3.40. The highest BCUT2D eigenvalue weighted by molar-refractivity contribution is 7.89. The molecule has 3 rings (SSSR count). The molecule has 0 atom stereocenters. The average Bonchev–Trinajstić information content (AvgIpc) is 2.88. The first-order chi connectivity index (χ1) is 10.8. The van der Waals surface area contributed by atoms with E-state index in [-0.39, 0.29) is 22.5 Å². The second-order valence-corrected chi connectivity index (χ2v) is 8.20. The number of benzene rings is 1. The molecule has 0 amide bonds. The van der Waals surface area contributed by atoms with Gasteiger partial charge in [-0.2, -0.15) is 4.31 Å². The quantitative estimate of drug-likeness (QED) is 0.882. The van der Waals surface area contributed by atoms with Gasteiger partial charge in [0.05, 0.1) is 29.7 Å². The van der Waals surface area contributed by atoms with Gasteiger partial charge in [-0.1, -0.05) is 0 Å². The van der Waals surface area contributed by atoms with Crippen LogP contribution in [0.1, 0.15) is 41.8 Å². The third-order valence-electron chi connectivity index (χ3n) is 4.47. The molecule has 0 unspecified atom stereocenters. The highest BCUT2D eigenvalue weighted by Crippen LogP contribution is 2.34. The van der Waals surface area contributed by atoms with Crippen molar-refractivity contribution in [2.24, 2.45) is 0 Å². The third-order valence-corrected chi connectivity index (χ3v) is 6.66. The molecule has 1 fully saturated rings. The third kappa shape index (κ3) is 2.77. The lowest BCUT2D eigenvalue weighted by atomic mass is 10.1. The lowest BCUT2D eigenvalue weighted by molar-refractivity contribution is -0.0436. The van der Waals surface area contributed by atoms with E-state index in [1.165, 1.54) is 10.4 Å². The van der Waals surface area contributed by atoms with Crippen molar-refractivity contribution in [1.29, 1.82) is 0 Å². The van der Waals surface area contributed by atoms with Crippen LogP contribution in [0.15, 0.2) is 17.0 Å². The van der Waals surface area contributed by atoms with Crippen LogP contribution in [0.4, 0.5) is 0 Å². The van der Waals surface area contributed by atoms with Gasteiger partial charge < -0.3 is 9.84 Å². The molecule has 0 aromatic heterocycles. The zero-order chi connectivity index (χ0) is 16.8. The number of hydrogen-bond acceptors (Lipinski definition) is 4. The molecule has 126 valence electrons. The highest BCUT2D eigenvalue weighted by atomic mass is 32.2. The van der Waals surface area contributed by atoms with E-state index in [9.17, 15) is 18.3 Å². The van der Waals surface area contributed by atoms with Crippen molar-refractivity contribution in [3.63, 3.8) is 0 Å². The molecule has 1 heterocycles. The summed E-state index contributed by atoms with van der Waals surface area (Å²) < 4.78 is 33.1. The Morgan fingerprint density at radius 2 is 2.00 bits per heavy atom. The summed E-state index contributed by atoms with van der Waals surface area (Å²) in [5.41, 5.74) is 1.66. The van der Waals surface area contributed by atoms with Crippen molar-refractivity contribution in [1.82, 2.24) is 4.31 Å². The van der Waals surface area contributed by atoms with Gasteiger partial charge in [0, 0.05) is 6.04 Å². The Kier molecular flexibility index (Phi) is 4.20. The van der Waals surface area contributed by atoms with Crippen LogP contribution in [0.3, 0.4) is 0 Å². The number of carboxylic acids is 1. The Hall–Kier alpha value is -1.44. The number of ether oxygens (including phenoxy) is 1. The molecule has 0 spiro atoms. The molecule has 0 radical (unpaired) electrons. The van der Waals surface area contributed by atoms with Gasteiger partial charge >= 0.3 is 5.97 Å². The van der Waals surface area contributed by atoms with Gasteiger partial charge in [-0.25, -0.2) is 13.2 Å². The van der Waals surface area contributed by atoms with Crippen LogP contribution in [0.2, 0.25) is 0 Å². The van der Waals surface area contributed by atoms with Crippen LogP contribution >= 0.6 is 0 Å². The van der Waals surface area contributed by atoms with Crippen molar-refractivity contribution in [3.8, 4) is 0 Å². The monoisotopic (exact) mass is 339 g/mol. The van der Waals surface area contributed by atoms with Gasteiger partial charge in [-0.15, -0.1) is 0 Å². The van der Waals surface area contributed by atoms with E-state index in [4.69, 9.17) is 4.74 Å². The molecule has 1 aliphatic carbocycles. The molecule has 1 aromatic rings. The predicted octanol–water partition coefficient (Wildman–Crippen LogP) is 1.67. The number of sulfonamides is 1. The molecule has 0 bridgehead atoms. The Labute approximate surface area is 136 Å². The largest absolute Gasteiger partial charge is 0.478 e. The summed E-state index contributed by atoms with van der Waals surface area (Å²) in [6.45, 7) is 4.44. The second-order valence-electron chi connectivity index (χ2n) is 6.39. The lowest BCUT2D eigenvalue weighted by Gasteiger charge is -2.39. The van der Waals surface area contributed by atoms with Gasteiger partial charge in [-0.3, -0.25) is 0 Å². The zero-order valence-electron chi connectivity index (χ0n) is 13.3. The maximum atomic E-state index is 13.2. The highest BCUT2D eigenvalue weighted by Gasteiger charge is 2.39.